The summed E-state index contributed by atoms with van der Waals surface area (Å²) in [6.45, 7) is 7.44. The highest BCUT2D eigenvalue weighted by Gasteiger charge is 2.37. The number of nitrogens with two attached hydrogens (primary N) is 1. The van der Waals surface area contributed by atoms with Crippen LogP contribution in [0.4, 0.5) is 5.82 Å². The molecular formula is C20H25N3O2. The van der Waals surface area contributed by atoms with E-state index < -0.39 is 0 Å². The van der Waals surface area contributed by atoms with Crippen molar-refractivity contribution in [1.29, 1.82) is 0 Å². The third-order valence-electron chi connectivity index (χ3n) is 4.52. The van der Waals surface area contributed by atoms with E-state index in [-0.39, 0.29) is 23.5 Å². The van der Waals surface area contributed by atoms with Crippen molar-refractivity contribution >= 4 is 11.7 Å². The number of amides is 1. The maximum Gasteiger partial charge on any atom is 0.272 e. The first kappa shape index (κ1) is 17.4. The molecule has 2 heterocycles. The Hall–Kier alpha value is -2.40. The number of nitrogens with zero attached hydrogens (tertiary/aromatic N) is 2. The Kier molecular flexibility index (Phi) is 4.77. The summed E-state index contributed by atoms with van der Waals surface area (Å²) in [6, 6.07) is 15.2. The SMILES string of the molecule is CC(C)(C)[C@H]1CN(C(=O)c2cccc(N)n2)C[C@@H](c2ccccc2)O1. The maximum atomic E-state index is 13.0. The van der Waals surface area contributed by atoms with Gasteiger partial charge in [-0.05, 0) is 23.1 Å². The molecule has 0 unspecified atom stereocenters. The van der Waals surface area contributed by atoms with Crippen molar-refractivity contribution in [3.63, 3.8) is 0 Å². The Morgan fingerprint density at radius 2 is 1.84 bits per heavy atom. The zero-order chi connectivity index (χ0) is 18.0. The molecule has 1 aliphatic heterocycles. The highest BCUT2D eigenvalue weighted by atomic mass is 16.5. The molecule has 132 valence electrons. The predicted octanol–water partition coefficient (Wildman–Crippen LogP) is 3.29. The molecule has 1 fully saturated rings. The minimum absolute atomic E-state index is 0.0588. The Bertz CT molecular complexity index is 740. The highest BCUT2D eigenvalue weighted by Crippen LogP contribution is 2.33. The smallest absolute Gasteiger partial charge is 0.272 e. The molecule has 1 aromatic carbocycles. The van der Waals surface area contributed by atoms with Gasteiger partial charge in [0, 0.05) is 6.54 Å². The number of carbonyl (C=O) groups is 1. The molecule has 0 bridgehead atoms. The number of pyridine rings is 1. The van der Waals surface area contributed by atoms with Gasteiger partial charge in [0.1, 0.15) is 17.6 Å². The van der Waals surface area contributed by atoms with Crippen molar-refractivity contribution in [3.05, 3.63) is 59.8 Å². The molecular weight excluding hydrogens is 314 g/mol. The normalized spacial score (nSPS) is 21.2. The minimum Gasteiger partial charge on any atom is -0.384 e. The van der Waals surface area contributed by atoms with Crippen LogP contribution < -0.4 is 5.73 Å². The summed E-state index contributed by atoms with van der Waals surface area (Å²) in [7, 11) is 0. The molecule has 3 rings (SSSR count). The molecule has 0 spiro atoms. The molecule has 5 heteroatoms. The van der Waals surface area contributed by atoms with Crippen molar-refractivity contribution in [2.24, 2.45) is 5.41 Å². The van der Waals surface area contributed by atoms with Gasteiger partial charge in [-0.3, -0.25) is 4.79 Å². The average Bonchev–Trinajstić information content (AvgIpc) is 2.60. The molecule has 5 nitrogen and oxygen atoms in total. The van der Waals surface area contributed by atoms with Crippen LogP contribution in [0.1, 0.15) is 42.9 Å². The van der Waals surface area contributed by atoms with Crippen molar-refractivity contribution in [1.82, 2.24) is 9.88 Å². The molecule has 2 atom stereocenters. The molecule has 2 aromatic rings. The lowest BCUT2D eigenvalue weighted by Crippen LogP contribution is -2.51. The molecule has 0 saturated carbocycles. The van der Waals surface area contributed by atoms with Gasteiger partial charge in [0.25, 0.3) is 5.91 Å². The highest BCUT2D eigenvalue weighted by molar-refractivity contribution is 5.92. The van der Waals surface area contributed by atoms with Crippen LogP contribution in [0.25, 0.3) is 0 Å². The Morgan fingerprint density at radius 3 is 2.48 bits per heavy atom. The first-order valence-electron chi connectivity index (χ1n) is 8.57. The standard InChI is InChI=1S/C20H25N3O2/c1-20(2,3)17-13-23(19(24)15-10-7-11-18(21)22-15)12-16(25-17)14-8-5-4-6-9-14/h4-11,16-17H,12-13H2,1-3H3,(H2,21,22)/t16-,17+/m0/s1. The number of carbonyl (C=O) groups excluding carboxylic acids is 1. The van der Waals surface area contributed by atoms with Crippen molar-refractivity contribution in [2.75, 3.05) is 18.8 Å². The molecule has 0 radical (unpaired) electrons. The van der Waals surface area contributed by atoms with E-state index in [1.165, 1.54) is 0 Å². The lowest BCUT2D eigenvalue weighted by atomic mass is 9.87. The van der Waals surface area contributed by atoms with Crippen molar-refractivity contribution in [3.8, 4) is 0 Å². The lowest BCUT2D eigenvalue weighted by molar-refractivity contribution is -0.119. The van der Waals surface area contributed by atoms with Gasteiger partial charge in [-0.1, -0.05) is 57.2 Å². The third-order valence-corrected chi connectivity index (χ3v) is 4.52. The van der Waals surface area contributed by atoms with Crippen LogP contribution in [-0.2, 0) is 4.74 Å². The van der Waals surface area contributed by atoms with E-state index in [1.54, 1.807) is 18.2 Å². The topological polar surface area (TPSA) is 68.5 Å². The summed E-state index contributed by atoms with van der Waals surface area (Å²) < 4.78 is 6.34. The van der Waals surface area contributed by atoms with Crippen LogP contribution in [0.5, 0.6) is 0 Å². The number of anilines is 1. The van der Waals surface area contributed by atoms with Crippen LogP contribution in [0, 0.1) is 5.41 Å². The fraction of sp³-hybridized carbons (Fsp3) is 0.400. The van der Waals surface area contributed by atoms with E-state index in [4.69, 9.17) is 10.5 Å². The first-order valence-corrected chi connectivity index (χ1v) is 8.57. The number of rotatable bonds is 2. The molecule has 1 amide bonds. The Morgan fingerprint density at radius 1 is 1.12 bits per heavy atom. The first-order chi connectivity index (χ1) is 11.8. The summed E-state index contributed by atoms with van der Waals surface area (Å²) >= 11 is 0. The zero-order valence-electron chi connectivity index (χ0n) is 15.0. The van der Waals surface area contributed by atoms with Crippen LogP contribution in [0.2, 0.25) is 0 Å². The zero-order valence-corrected chi connectivity index (χ0v) is 15.0. The number of hydrogen-bond donors (Lipinski definition) is 1. The van der Waals surface area contributed by atoms with Gasteiger partial charge >= 0.3 is 0 Å². The maximum absolute atomic E-state index is 13.0. The predicted molar refractivity (Wildman–Crippen MR) is 98.1 cm³/mol. The lowest BCUT2D eigenvalue weighted by Gasteiger charge is -2.43. The number of aromatic nitrogens is 1. The number of hydrogen-bond acceptors (Lipinski definition) is 4. The monoisotopic (exact) mass is 339 g/mol. The summed E-state index contributed by atoms with van der Waals surface area (Å²) in [4.78, 5) is 19.0. The molecule has 1 aliphatic rings. The van der Waals surface area contributed by atoms with E-state index in [9.17, 15) is 4.79 Å². The molecule has 1 saturated heterocycles. The second-order valence-electron chi connectivity index (χ2n) is 7.55. The Labute approximate surface area is 148 Å². The van der Waals surface area contributed by atoms with Crippen molar-refractivity contribution < 1.29 is 9.53 Å². The van der Waals surface area contributed by atoms with Gasteiger partial charge in [0.15, 0.2) is 0 Å². The molecule has 2 N–H and O–H groups in total. The third kappa shape index (κ3) is 3.99. The molecule has 0 aliphatic carbocycles. The van der Waals surface area contributed by atoms with Crippen LogP contribution in [0.3, 0.4) is 0 Å². The fourth-order valence-corrected chi connectivity index (χ4v) is 2.99. The van der Waals surface area contributed by atoms with E-state index in [0.717, 1.165) is 5.56 Å². The summed E-state index contributed by atoms with van der Waals surface area (Å²) in [5.41, 5.74) is 7.11. The Balaban J connectivity index is 1.88. The van der Waals surface area contributed by atoms with Gasteiger partial charge < -0.3 is 15.4 Å². The number of morpholine rings is 1. The van der Waals surface area contributed by atoms with Crippen LogP contribution in [-0.4, -0.2) is 35.0 Å². The van der Waals surface area contributed by atoms with Crippen molar-refractivity contribution in [2.45, 2.75) is 33.0 Å². The van der Waals surface area contributed by atoms with Crippen LogP contribution >= 0.6 is 0 Å². The second-order valence-corrected chi connectivity index (χ2v) is 7.55. The van der Waals surface area contributed by atoms with Gasteiger partial charge in [-0.2, -0.15) is 0 Å². The quantitative estimate of drug-likeness (QED) is 0.911. The average molecular weight is 339 g/mol. The molecule has 25 heavy (non-hydrogen) atoms. The minimum atomic E-state index is -0.149. The van der Waals surface area contributed by atoms with Gasteiger partial charge in [-0.15, -0.1) is 0 Å². The van der Waals surface area contributed by atoms with E-state index in [2.05, 4.69) is 25.8 Å². The summed E-state index contributed by atoms with van der Waals surface area (Å²) in [5.74, 6) is 0.247. The summed E-state index contributed by atoms with van der Waals surface area (Å²) in [5, 5.41) is 0. The summed E-state index contributed by atoms with van der Waals surface area (Å²) in [6.07, 6.45) is -0.208. The number of benzene rings is 1. The van der Waals surface area contributed by atoms with E-state index >= 15 is 0 Å². The molecule has 1 aromatic heterocycles. The largest absolute Gasteiger partial charge is 0.384 e. The number of ether oxygens (including phenoxy) is 1. The van der Waals surface area contributed by atoms with Gasteiger partial charge in [-0.25, -0.2) is 4.98 Å². The second kappa shape index (κ2) is 6.84. The van der Waals surface area contributed by atoms with E-state index in [0.29, 0.717) is 24.6 Å². The fourth-order valence-electron chi connectivity index (χ4n) is 2.99. The van der Waals surface area contributed by atoms with Gasteiger partial charge in [0.2, 0.25) is 0 Å². The number of nitrogen functional groups attached to an aromatic ring is 1. The van der Waals surface area contributed by atoms with E-state index in [1.807, 2.05) is 35.2 Å². The van der Waals surface area contributed by atoms with Crippen LogP contribution in [0.15, 0.2) is 48.5 Å². The van der Waals surface area contributed by atoms with Gasteiger partial charge in [0.05, 0.1) is 12.6 Å².